The predicted molar refractivity (Wildman–Crippen MR) is 165 cm³/mol. The average Bonchev–Trinajstić information content (AvgIpc) is 3.31. The maximum absolute atomic E-state index is 3.76. The Balaban J connectivity index is 1.55. The van der Waals surface area contributed by atoms with Gasteiger partial charge in [0.15, 0.2) is 0 Å². The van der Waals surface area contributed by atoms with Crippen LogP contribution in [0.1, 0.15) is 0 Å². The molecule has 0 atom stereocenters. The third kappa shape index (κ3) is 3.86. The van der Waals surface area contributed by atoms with Crippen LogP contribution in [0.25, 0.3) is 60.9 Å². The first-order chi connectivity index (χ1) is 18.8. The Bertz CT molecular complexity index is 1920. The van der Waals surface area contributed by atoms with Gasteiger partial charge < -0.3 is 4.57 Å². The van der Waals surface area contributed by atoms with Gasteiger partial charge in [0.25, 0.3) is 0 Å². The van der Waals surface area contributed by atoms with Gasteiger partial charge in [0.2, 0.25) is 0 Å². The van der Waals surface area contributed by atoms with Crippen molar-refractivity contribution in [2.45, 2.75) is 0 Å². The monoisotopic (exact) mass is 549 g/mol. The molecule has 0 bridgehead atoms. The number of halogens is 1. The highest BCUT2D eigenvalue weighted by Crippen LogP contribution is 2.40. The Morgan fingerprint density at radius 3 is 1.82 bits per heavy atom. The van der Waals surface area contributed by atoms with E-state index in [0.717, 1.165) is 4.47 Å². The van der Waals surface area contributed by atoms with E-state index >= 15 is 0 Å². The van der Waals surface area contributed by atoms with Crippen LogP contribution in [0.2, 0.25) is 0 Å². The van der Waals surface area contributed by atoms with E-state index < -0.39 is 0 Å². The summed E-state index contributed by atoms with van der Waals surface area (Å²) in [5.41, 5.74) is 10.8. The second kappa shape index (κ2) is 9.48. The lowest BCUT2D eigenvalue weighted by Gasteiger charge is -2.16. The number of nitrogens with zero attached hydrogens (tertiary/aromatic N) is 1. The molecule has 0 radical (unpaired) electrons. The number of hydrogen-bond acceptors (Lipinski definition) is 0. The summed E-state index contributed by atoms with van der Waals surface area (Å²) in [5.74, 6) is 0. The van der Waals surface area contributed by atoms with Gasteiger partial charge in [-0.05, 0) is 58.1 Å². The summed E-state index contributed by atoms with van der Waals surface area (Å²) in [6.07, 6.45) is 0. The van der Waals surface area contributed by atoms with Crippen molar-refractivity contribution in [3.63, 3.8) is 0 Å². The zero-order valence-electron chi connectivity index (χ0n) is 20.7. The summed E-state index contributed by atoms with van der Waals surface area (Å²) in [6, 6.07) is 52.2. The SMILES string of the molecule is Brc1ccccc1-c1ccc2c3ccccc3n(-c3ccc(-c4ccccc4)cc3-c3ccccc3)c2c1. The largest absolute Gasteiger partial charge is 0.309 e. The van der Waals surface area contributed by atoms with Gasteiger partial charge in [-0.3, -0.25) is 0 Å². The van der Waals surface area contributed by atoms with Gasteiger partial charge in [0.05, 0.1) is 16.7 Å². The maximum atomic E-state index is 3.76. The molecule has 1 heterocycles. The summed E-state index contributed by atoms with van der Waals surface area (Å²) in [5, 5.41) is 2.51. The molecule has 0 saturated carbocycles. The summed E-state index contributed by atoms with van der Waals surface area (Å²) in [4.78, 5) is 0. The average molecular weight is 550 g/mol. The van der Waals surface area contributed by atoms with Crippen LogP contribution in [-0.2, 0) is 0 Å². The van der Waals surface area contributed by atoms with Crippen LogP contribution in [0.5, 0.6) is 0 Å². The maximum Gasteiger partial charge on any atom is 0.0547 e. The Kier molecular flexibility index (Phi) is 5.68. The molecule has 6 aromatic carbocycles. The molecular weight excluding hydrogens is 526 g/mol. The molecular formula is C36H24BrN. The topological polar surface area (TPSA) is 4.93 Å². The normalized spacial score (nSPS) is 11.3. The van der Waals surface area contributed by atoms with Crippen molar-refractivity contribution in [3.8, 4) is 39.1 Å². The minimum absolute atomic E-state index is 1.10. The molecule has 180 valence electrons. The van der Waals surface area contributed by atoms with Gasteiger partial charge in [-0.2, -0.15) is 0 Å². The highest BCUT2D eigenvalue weighted by molar-refractivity contribution is 9.10. The fraction of sp³-hybridized carbons (Fsp3) is 0. The minimum Gasteiger partial charge on any atom is -0.309 e. The van der Waals surface area contributed by atoms with Gasteiger partial charge in [-0.25, -0.2) is 0 Å². The van der Waals surface area contributed by atoms with Crippen LogP contribution in [0, 0.1) is 0 Å². The van der Waals surface area contributed by atoms with Crippen molar-refractivity contribution >= 4 is 37.7 Å². The molecule has 0 aliphatic carbocycles. The van der Waals surface area contributed by atoms with Crippen LogP contribution in [0.3, 0.4) is 0 Å². The van der Waals surface area contributed by atoms with E-state index in [2.05, 4.69) is 166 Å². The van der Waals surface area contributed by atoms with Crippen molar-refractivity contribution in [3.05, 3.63) is 150 Å². The van der Waals surface area contributed by atoms with Gasteiger partial charge in [-0.1, -0.05) is 131 Å². The number of para-hydroxylation sites is 1. The molecule has 0 unspecified atom stereocenters. The van der Waals surface area contributed by atoms with E-state index in [1.807, 2.05) is 0 Å². The van der Waals surface area contributed by atoms with E-state index in [4.69, 9.17) is 0 Å². The molecule has 0 spiro atoms. The van der Waals surface area contributed by atoms with Crippen molar-refractivity contribution in [2.75, 3.05) is 0 Å². The zero-order valence-corrected chi connectivity index (χ0v) is 22.3. The predicted octanol–water partition coefficient (Wildman–Crippen LogP) is 10.5. The lowest BCUT2D eigenvalue weighted by atomic mass is 9.97. The lowest BCUT2D eigenvalue weighted by molar-refractivity contribution is 1.18. The van der Waals surface area contributed by atoms with Gasteiger partial charge in [0.1, 0.15) is 0 Å². The standard InChI is InChI=1S/C36H24BrN/c37-33-17-9-7-15-29(33)28-19-21-31-30-16-8-10-18-34(30)38(36(31)24-28)35-22-20-27(25-11-3-1-4-12-25)23-32(35)26-13-5-2-6-14-26/h1-24H. The highest BCUT2D eigenvalue weighted by atomic mass is 79.9. The van der Waals surface area contributed by atoms with Crippen LogP contribution in [-0.4, -0.2) is 4.57 Å². The fourth-order valence-electron chi connectivity index (χ4n) is 5.48. The van der Waals surface area contributed by atoms with Gasteiger partial charge in [0, 0.05) is 20.8 Å². The molecule has 1 nitrogen and oxygen atoms in total. The molecule has 0 aliphatic heterocycles. The second-order valence-electron chi connectivity index (χ2n) is 9.53. The number of hydrogen-bond donors (Lipinski definition) is 0. The molecule has 2 heteroatoms. The zero-order chi connectivity index (χ0) is 25.5. The molecule has 0 saturated heterocycles. The van der Waals surface area contributed by atoms with Crippen molar-refractivity contribution in [1.82, 2.24) is 4.57 Å². The fourth-order valence-corrected chi connectivity index (χ4v) is 6.00. The first-order valence-corrected chi connectivity index (χ1v) is 13.6. The molecule has 0 N–H and O–H groups in total. The van der Waals surface area contributed by atoms with E-state index in [9.17, 15) is 0 Å². The van der Waals surface area contributed by atoms with Gasteiger partial charge in [-0.15, -0.1) is 0 Å². The summed E-state index contributed by atoms with van der Waals surface area (Å²) >= 11 is 3.76. The Labute approximate surface area is 230 Å². The number of aromatic nitrogens is 1. The smallest absolute Gasteiger partial charge is 0.0547 e. The van der Waals surface area contributed by atoms with Crippen LogP contribution < -0.4 is 0 Å². The second-order valence-corrected chi connectivity index (χ2v) is 10.4. The molecule has 0 amide bonds. The highest BCUT2D eigenvalue weighted by Gasteiger charge is 2.17. The lowest BCUT2D eigenvalue weighted by Crippen LogP contribution is -1.98. The summed E-state index contributed by atoms with van der Waals surface area (Å²) in [7, 11) is 0. The molecule has 0 fully saturated rings. The third-order valence-corrected chi connectivity index (χ3v) is 7.98. The first kappa shape index (κ1) is 22.8. The van der Waals surface area contributed by atoms with Crippen molar-refractivity contribution in [2.24, 2.45) is 0 Å². The molecule has 38 heavy (non-hydrogen) atoms. The van der Waals surface area contributed by atoms with Crippen LogP contribution in [0.15, 0.2) is 150 Å². The quantitative estimate of drug-likeness (QED) is 0.205. The van der Waals surface area contributed by atoms with E-state index in [0.29, 0.717) is 0 Å². The Morgan fingerprint density at radius 1 is 0.395 bits per heavy atom. The van der Waals surface area contributed by atoms with E-state index in [1.54, 1.807) is 0 Å². The van der Waals surface area contributed by atoms with Crippen molar-refractivity contribution < 1.29 is 0 Å². The van der Waals surface area contributed by atoms with Crippen molar-refractivity contribution in [1.29, 1.82) is 0 Å². The Morgan fingerprint density at radius 2 is 1.03 bits per heavy atom. The van der Waals surface area contributed by atoms with Crippen LogP contribution in [0.4, 0.5) is 0 Å². The van der Waals surface area contributed by atoms with Crippen LogP contribution >= 0.6 is 15.9 Å². The van der Waals surface area contributed by atoms with E-state index in [1.165, 1.54) is 60.9 Å². The van der Waals surface area contributed by atoms with Gasteiger partial charge >= 0.3 is 0 Å². The molecule has 0 aliphatic rings. The first-order valence-electron chi connectivity index (χ1n) is 12.8. The van der Waals surface area contributed by atoms with E-state index in [-0.39, 0.29) is 0 Å². The minimum atomic E-state index is 1.10. The molecule has 1 aromatic heterocycles. The summed E-state index contributed by atoms with van der Waals surface area (Å²) in [6.45, 7) is 0. The number of rotatable bonds is 4. The number of benzene rings is 6. The summed E-state index contributed by atoms with van der Waals surface area (Å²) < 4.78 is 3.53. The Hall–Kier alpha value is -4.40. The molecule has 7 aromatic rings. The number of fused-ring (bicyclic) bond motifs is 3. The molecule has 7 rings (SSSR count). The third-order valence-electron chi connectivity index (χ3n) is 7.29.